The third kappa shape index (κ3) is 3.18. The van der Waals surface area contributed by atoms with Crippen molar-refractivity contribution in [3.8, 4) is 11.8 Å². The van der Waals surface area contributed by atoms with E-state index >= 15 is 0 Å². The summed E-state index contributed by atoms with van der Waals surface area (Å²) in [6, 6.07) is 13.9. The summed E-state index contributed by atoms with van der Waals surface area (Å²) in [5, 5.41) is 9.68. The van der Waals surface area contributed by atoms with Crippen LogP contribution in [0.4, 0.5) is 0 Å². The van der Waals surface area contributed by atoms with Crippen LogP contribution < -0.4 is 4.74 Å². The van der Waals surface area contributed by atoms with Gasteiger partial charge in [0.05, 0.1) is 21.7 Å². The minimum atomic E-state index is -0.507. The highest BCUT2D eigenvalue weighted by Crippen LogP contribution is 2.38. The van der Waals surface area contributed by atoms with Crippen molar-refractivity contribution in [2.75, 3.05) is 0 Å². The maximum Gasteiger partial charge on any atom is 0.343 e. The van der Waals surface area contributed by atoms with Crippen LogP contribution in [0, 0.1) is 18.3 Å². The Morgan fingerprint density at radius 3 is 2.50 bits per heavy atom. The molecule has 0 unspecified atom stereocenters. The van der Waals surface area contributed by atoms with Crippen molar-refractivity contribution >= 4 is 48.7 Å². The summed E-state index contributed by atoms with van der Waals surface area (Å²) in [5.74, 6) is -0.140. The van der Waals surface area contributed by atoms with Crippen molar-refractivity contribution in [3.05, 3.63) is 68.2 Å². The Balaban J connectivity index is 2.04. The third-order valence-corrected chi connectivity index (χ3v) is 4.67. The van der Waals surface area contributed by atoms with Crippen LogP contribution in [0.1, 0.15) is 21.6 Å². The topological polar surface area (TPSA) is 63.0 Å². The Morgan fingerprint density at radius 2 is 1.83 bits per heavy atom. The molecule has 1 heterocycles. The number of pyridine rings is 1. The molecule has 1 aromatic heterocycles. The number of carbonyl (C=O) groups excluding carboxylic acids is 1. The summed E-state index contributed by atoms with van der Waals surface area (Å²) >= 11 is 6.92. The zero-order chi connectivity index (χ0) is 17.3. The third-order valence-electron chi connectivity index (χ3n) is 3.42. The molecule has 0 amide bonds. The fourth-order valence-corrected chi connectivity index (χ4v) is 3.57. The van der Waals surface area contributed by atoms with Crippen LogP contribution in [0.2, 0.25) is 0 Å². The average Bonchev–Trinajstić information content (AvgIpc) is 2.58. The van der Waals surface area contributed by atoms with Crippen molar-refractivity contribution in [3.63, 3.8) is 0 Å². The van der Waals surface area contributed by atoms with Gasteiger partial charge < -0.3 is 4.74 Å². The number of rotatable bonds is 2. The molecule has 0 aliphatic rings. The van der Waals surface area contributed by atoms with E-state index in [9.17, 15) is 4.79 Å². The highest BCUT2D eigenvalue weighted by atomic mass is 79.9. The molecular formula is C18H10Br2N2O2. The number of nitrogens with zero attached hydrogens (tertiary/aromatic N) is 2. The van der Waals surface area contributed by atoms with Crippen LogP contribution in [0.15, 0.2) is 51.4 Å². The van der Waals surface area contributed by atoms with E-state index < -0.39 is 5.97 Å². The van der Waals surface area contributed by atoms with E-state index in [1.807, 2.05) is 31.2 Å². The van der Waals surface area contributed by atoms with Gasteiger partial charge in [-0.2, -0.15) is 5.26 Å². The molecule has 0 radical (unpaired) electrons. The van der Waals surface area contributed by atoms with Gasteiger partial charge in [-0.1, -0.05) is 15.9 Å². The molecule has 3 rings (SSSR count). The Morgan fingerprint density at radius 1 is 1.12 bits per heavy atom. The van der Waals surface area contributed by atoms with E-state index in [0.29, 0.717) is 26.9 Å². The first-order chi connectivity index (χ1) is 11.5. The molecule has 0 atom stereocenters. The zero-order valence-electron chi connectivity index (χ0n) is 12.5. The number of benzene rings is 2. The fourth-order valence-electron chi connectivity index (χ4n) is 2.22. The number of hydrogen-bond acceptors (Lipinski definition) is 4. The Hall–Kier alpha value is -2.23. The maximum absolute atomic E-state index is 12.4. The molecule has 3 aromatic rings. The van der Waals surface area contributed by atoms with Gasteiger partial charge in [-0.3, -0.25) is 0 Å². The molecule has 0 bridgehead atoms. The monoisotopic (exact) mass is 444 g/mol. The quantitative estimate of drug-likeness (QED) is 0.403. The Kier molecular flexibility index (Phi) is 4.65. The number of carbonyl (C=O) groups is 1. The maximum atomic E-state index is 12.4. The molecule has 0 saturated heterocycles. The van der Waals surface area contributed by atoms with Crippen LogP contribution >= 0.6 is 31.9 Å². The van der Waals surface area contributed by atoms with Crippen LogP contribution in [-0.2, 0) is 0 Å². The van der Waals surface area contributed by atoms with Crippen molar-refractivity contribution in [1.29, 1.82) is 5.26 Å². The number of ether oxygens (including phenoxy) is 1. The number of halogens is 2. The summed E-state index contributed by atoms with van der Waals surface area (Å²) in [5.41, 5.74) is 2.27. The lowest BCUT2D eigenvalue weighted by Crippen LogP contribution is -2.09. The van der Waals surface area contributed by atoms with Gasteiger partial charge in [0.2, 0.25) is 0 Å². The Labute approximate surface area is 155 Å². The lowest BCUT2D eigenvalue weighted by Gasteiger charge is -2.11. The van der Waals surface area contributed by atoms with Crippen molar-refractivity contribution < 1.29 is 9.53 Å². The average molecular weight is 446 g/mol. The van der Waals surface area contributed by atoms with Gasteiger partial charge in [0.15, 0.2) is 5.75 Å². The summed E-state index contributed by atoms with van der Waals surface area (Å²) in [7, 11) is 0. The van der Waals surface area contributed by atoms with E-state index in [-0.39, 0.29) is 0 Å². The van der Waals surface area contributed by atoms with Crippen LogP contribution in [0.3, 0.4) is 0 Å². The first-order valence-corrected chi connectivity index (χ1v) is 8.56. The van der Waals surface area contributed by atoms with E-state index in [1.165, 1.54) is 0 Å². The SMILES string of the molecule is Cc1ccc2c(Br)cc(Br)c(OC(=O)c3ccc(C#N)cc3)c2n1. The second kappa shape index (κ2) is 6.71. The van der Waals surface area contributed by atoms with E-state index in [0.717, 1.165) is 15.6 Å². The summed E-state index contributed by atoms with van der Waals surface area (Å²) in [6.07, 6.45) is 0. The first-order valence-electron chi connectivity index (χ1n) is 6.97. The van der Waals surface area contributed by atoms with Crippen molar-refractivity contribution in [1.82, 2.24) is 4.98 Å². The van der Waals surface area contributed by atoms with Crippen LogP contribution in [0.25, 0.3) is 10.9 Å². The lowest BCUT2D eigenvalue weighted by molar-refractivity contribution is 0.0735. The smallest absolute Gasteiger partial charge is 0.343 e. The lowest BCUT2D eigenvalue weighted by atomic mass is 10.1. The predicted octanol–water partition coefficient (Wildman–Crippen LogP) is 5.16. The normalized spacial score (nSPS) is 10.4. The van der Waals surface area contributed by atoms with Crippen LogP contribution in [0.5, 0.6) is 5.75 Å². The van der Waals surface area contributed by atoms with Gasteiger partial charge in [-0.25, -0.2) is 9.78 Å². The predicted molar refractivity (Wildman–Crippen MR) is 98.0 cm³/mol. The molecule has 0 saturated carbocycles. The van der Waals surface area contributed by atoms with Crippen molar-refractivity contribution in [2.45, 2.75) is 6.92 Å². The Bertz CT molecular complexity index is 993. The fraction of sp³-hybridized carbons (Fsp3) is 0.0556. The zero-order valence-corrected chi connectivity index (χ0v) is 15.7. The minimum Gasteiger partial charge on any atom is -0.419 e. The molecule has 4 nitrogen and oxygen atoms in total. The molecule has 2 aromatic carbocycles. The summed E-state index contributed by atoms with van der Waals surface area (Å²) < 4.78 is 7.06. The molecular weight excluding hydrogens is 436 g/mol. The summed E-state index contributed by atoms with van der Waals surface area (Å²) in [6.45, 7) is 1.88. The number of nitriles is 1. The van der Waals surface area contributed by atoms with Gasteiger partial charge >= 0.3 is 5.97 Å². The van der Waals surface area contributed by atoms with E-state index in [4.69, 9.17) is 10.00 Å². The number of aromatic nitrogens is 1. The van der Waals surface area contributed by atoms with Gasteiger partial charge in [-0.05, 0) is 65.3 Å². The van der Waals surface area contributed by atoms with E-state index in [2.05, 4.69) is 36.8 Å². The molecule has 0 spiro atoms. The van der Waals surface area contributed by atoms with Gasteiger partial charge in [-0.15, -0.1) is 0 Å². The molecule has 118 valence electrons. The molecule has 24 heavy (non-hydrogen) atoms. The first kappa shape index (κ1) is 16.6. The van der Waals surface area contributed by atoms with E-state index in [1.54, 1.807) is 24.3 Å². The molecule has 0 aliphatic heterocycles. The molecule has 0 N–H and O–H groups in total. The minimum absolute atomic E-state index is 0.365. The summed E-state index contributed by atoms with van der Waals surface area (Å²) in [4.78, 5) is 16.9. The number of fused-ring (bicyclic) bond motifs is 1. The number of hydrogen-bond donors (Lipinski definition) is 0. The highest BCUT2D eigenvalue weighted by molar-refractivity contribution is 9.11. The molecule has 6 heteroatoms. The number of esters is 1. The van der Waals surface area contributed by atoms with Crippen molar-refractivity contribution in [2.24, 2.45) is 0 Å². The number of aryl methyl sites for hydroxylation is 1. The molecule has 0 aliphatic carbocycles. The van der Waals surface area contributed by atoms with Crippen LogP contribution in [-0.4, -0.2) is 11.0 Å². The highest BCUT2D eigenvalue weighted by Gasteiger charge is 2.17. The molecule has 0 fully saturated rings. The van der Waals surface area contributed by atoms with Gasteiger partial charge in [0, 0.05) is 15.6 Å². The largest absolute Gasteiger partial charge is 0.419 e. The second-order valence-corrected chi connectivity index (χ2v) is 6.81. The second-order valence-electron chi connectivity index (χ2n) is 5.10. The standard InChI is InChI=1S/C18H10Br2N2O2/c1-10-2-7-13-14(19)8-15(20)17(16(13)22-10)24-18(23)12-5-3-11(9-21)4-6-12/h2-8H,1H3. The van der Waals surface area contributed by atoms with Gasteiger partial charge in [0.25, 0.3) is 0 Å². The van der Waals surface area contributed by atoms with Gasteiger partial charge in [0.1, 0.15) is 5.52 Å².